The van der Waals surface area contributed by atoms with Crippen LogP contribution in [0.3, 0.4) is 0 Å². The van der Waals surface area contributed by atoms with Crippen molar-refractivity contribution < 1.29 is 24.9 Å². The molecule has 1 aliphatic carbocycles. The summed E-state index contributed by atoms with van der Waals surface area (Å²) in [6, 6.07) is 0. The first-order valence-electron chi connectivity index (χ1n) is 9.83. The molecule has 5 nitrogen and oxygen atoms in total. The first-order chi connectivity index (χ1) is 12.9. The zero-order valence-electron chi connectivity index (χ0n) is 16.3. The number of ketones is 1. The molecule has 27 heavy (non-hydrogen) atoms. The summed E-state index contributed by atoms with van der Waals surface area (Å²) in [6.07, 6.45) is 10.1. The van der Waals surface area contributed by atoms with Gasteiger partial charge in [0.1, 0.15) is 6.10 Å². The van der Waals surface area contributed by atoms with E-state index in [2.05, 4.69) is 18.8 Å². The van der Waals surface area contributed by atoms with Gasteiger partial charge in [-0.2, -0.15) is 0 Å². The molecule has 3 N–H and O–H groups in total. The second kappa shape index (κ2) is 12.5. The van der Waals surface area contributed by atoms with E-state index in [0.29, 0.717) is 12.8 Å². The summed E-state index contributed by atoms with van der Waals surface area (Å²) in [5.41, 5.74) is 0. The maximum absolute atomic E-state index is 12.1. The van der Waals surface area contributed by atoms with Crippen LogP contribution in [0.5, 0.6) is 0 Å². The quantitative estimate of drug-likeness (QED) is 0.293. The number of aliphatic hydroxyl groups is 2. The van der Waals surface area contributed by atoms with Crippen molar-refractivity contribution in [2.45, 2.75) is 71.0 Å². The lowest BCUT2D eigenvalue weighted by Crippen LogP contribution is -2.28. The van der Waals surface area contributed by atoms with E-state index in [0.717, 1.165) is 25.7 Å². The van der Waals surface area contributed by atoms with Gasteiger partial charge in [0, 0.05) is 18.8 Å². The molecular formula is C22H32O5. The molecule has 0 saturated carbocycles. The molecule has 0 aromatic heterocycles. The fraction of sp³-hybridized carbons (Fsp3) is 0.636. The number of carboxylic acid groups (broad SMARTS) is 1. The van der Waals surface area contributed by atoms with Crippen LogP contribution in [-0.2, 0) is 9.59 Å². The fourth-order valence-electron chi connectivity index (χ4n) is 3.09. The van der Waals surface area contributed by atoms with E-state index in [9.17, 15) is 19.8 Å². The normalized spacial score (nSPS) is 22.4. The smallest absolute Gasteiger partial charge is 0.303 e. The minimum absolute atomic E-state index is 0.0361. The van der Waals surface area contributed by atoms with Crippen LogP contribution in [0.4, 0.5) is 0 Å². The van der Waals surface area contributed by atoms with Crippen molar-refractivity contribution in [3.8, 4) is 11.8 Å². The van der Waals surface area contributed by atoms with Crippen molar-refractivity contribution in [1.82, 2.24) is 0 Å². The number of aliphatic carboxylic acids is 1. The minimum atomic E-state index is -1.11. The highest BCUT2D eigenvalue weighted by Gasteiger charge is 2.34. The standard InChI is InChI=1S/C22H32O5/c1-3-4-6-9-16(2)18(23)14-12-17-13-15-20(25)22(17)19(24)10-7-5-8-11-21(26)27/h12-19,22-24H,3-6,8-9,11H2,1-2H3,(H,26,27). The molecule has 0 aromatic rings. The Morgan fingerprint density at radius 3 is 2.70 bits per heavy atom. The van der Waals surface area contributed by atoms with Crippen LogP contribution in [0, 0.1) is 29.6 Å². The van der Waals surface area contributed by atoms with Gasteiger partial charge in [0.05, 0.1) is 12.0 Å². The van der Waals surface area contributed by atoms with Crippen LogP contribution in [0.2, 0.25) is 0 Å². The van der Waals surface area contributed by atoms with Crippen LogP contribution in [0.1, 0.15) is 58.8 Å². The third-order valence-electron chi connectivity index (χ3n) is 4.88. The van der Waals surface area contributed by atoms with Gasteiger partial charge in [0.2, 0.25) is 0 Å². The van der Waals surface area contributed by atoms with Crippen molar-refractivity contribution >= 4 is 11.8 Å². The number of carboxylic acids is 1. The molecule has 0 bridgehead atoms. The molecule has 5 heteroatoms. The molecule has 0 fully saturated rings. The number of unbranched alkanes of at least 4 members (excludes halogenated alkanes) is 3. The van der Waals surface area contributed by atoms with Crippen molar-refractivity contribution in [2.24, 2.45) is 17.8 Å². The highest BCUT2D eigenvalue weighted by Crippen LogP contribution is 2.27. The molecule has 0 saturated heterocycles. The summed E-state index contributed by atoms with van der Waals surface area (Å²) in [4.78, 5) is 22.5. The van der Waals surface area contributed by atoms with Gasteiger partial charge in [-0.05, 0) is 24.8 Å². The van der Waals surface area contributed by atoms with Gasteiger partial charge in [0.15, 0.2) is 5.78 Å². The van der Waals surface area contributed by atoms with E-state index in [-0.39, 0.29) is 24.0 Å². The second-order valence-electron chi connectivity index (χ2n) is 7.23. The van der Waals surface area contributed by atoms with Gasteiger partial charge in [0.25, 0.3) is 0 Å². The van der Waals surface area contributed by atoms with Gasteiger partial charge in [-0.15, -0.1) is 5.92 Å². The number of hydrogen-bond acceptors (Lipinski definition) is 4. The molecule has 150 valence electrons. The molecule has 0 radical (unpaired) electrons. The predicted molar refractivity (Wildman–Crippen MR) is 105 cm³/mol. The topological polar surface area (TPSA) is 94.8 Å². The van der Waals surface area contributed by atoms with Crippen LogP contribution in [0.25, 0.3) is 0 Å². The lowest BCUT2D eigenvalue weighted by Gasteiger charge is -2.19. The number of allylic oxidation sites excluding steroid dienone is 3. The Bertz CT molecular complexity index is 596. The molecule has 5 atom stereocenters. The number of carbonyl (C=O) groups excluding carboxylic acids is 1. The first kappa shape index (κ1) is 23.1. The number of aliphatic hydroxyl groups excluding tert-OH is 2. The van der Waals surface area contributed by atoms with Crippen LogP contribution in [-0.4, -0.2) is 39.3 Å². The minimum Gasteiger partial charge on any atom is -0.481 e. The number of rotatable bonds is 11. The zero-order chi connectivity index (χ0) is 20.2. The highest BCUT2D eigenvalue weighted by atomic mass is 16.4. The fourth-order valence-corrected chi connectivity index (χ4v) is 3.09. The lowest BCUT2D eigenvalue weighted by atomic mass is 9.88. The Morgan fingerprint density at radius 1 is 1.30 bits per heavy atom. The number of carbonyl (C=O) groups is 2. The SMILES string of the molecule is CCCCCC(C)C(O)C=CC1C=CC(=O)C1C(O)C#CCCCC(=O)O. The van der Waals surface area contributed by atoms with Gasteiger partial charge in [-0.1, -0.05) is 57.3 Å². The molecule has 1 aliphatic rings. The predicted octanol–water partition coefficient (Wildman–Crippen LogP) is 3.11. The van der Waals surface area contributed by atoms with Gasteiger partial charge < -0.3 is 15.3 Å². The summed E-state index contributed by atoms with van der Waals surface area (Å²) in [5.74, 6) is 3.54. The summed E-state index contributed by atoms with van der Waals surface area (Å²) in [5, 5.41) is 29.1. The third-order valence-corrected chi connectivity index (χ3v) is 4.88. The van der Waals surface area contributed by atoms with E-state index >= 15 is 0 Å². The van der Waals surface area contributed by atoms with Gasteiger partial charge in [-0.3, -0.25) is 9.59 Å². The molecule has 0 aromatic carbocycles. The van der Waals surface area contributed by atoms with Crippen molar-refractivity contribution in [1.29, 1.82) is 0 Å². The average Bonchev–Trinajstić information content (AvgIpc) is 2.99. The Hall–Kier alpha value is -1.90. The van der Waals surface area contributed by atoms with Gasteiger partial charge in [-0.25, -0.2) is 0 Å². The monoisotopic (exact) mass is 376 g/mol. The molecule has 0 aliphatic heterocycles. The van der Waals surface area contributed by atoms with Crippen molar-refractivity contribution in [3.05, 3.63) is 24.3 Å². The Kier molecular flexibility index (Phi) is 10.7. The zero-order valence-corrected chi connectivity index (χ0v) is 16.3. The third kappa shape index (κ3) is 8.55. The summed E-state index contributed by atoms with van der Waals surface area (Å²) in [6.45, 7) is 4.15. The van der Waals surface area contributed by atoms with Crippen LogP contribution >= 0.6 is 0 Å². The van der Waals surface area contributed by atoms with Crippen molar-refractivity contribution in [3.63, 3.8) is 0 Å². The second-order valence-corrected chi connectivity index (χ2v) is 7.23. The van der Waals surface area contributed by atoms with E-state index < -0.39 is 24.1 Å². The summed E-state index contributed by atoms with van der Waals surface area (Å²) >= 11 is 0. The Balaban J connectivity index is 2.58. The number of hydrogen-bond donors (Lipinski definition) is 3. The highest BCUT2D eigenvalue weighted by molar-refractivity contribution is 5.95. The van der Waals surface area contributed by atoms with Crippen molar-refractivity contribution in [2.75, 3.05) is 0 Å². The lowest BCUT2D eigenvalue weighted by molar-refractivity contribution is -0.137. The Morgan fingerprint density at radius 2 is 2.04 bits per heavy atom. The van der Waals surface area contributed by atoms with E-state index in [4.69, 9.17) is 5.11 Å². The molecule has 5 unspecified atom stereocenters. The van der Waals surface area contributed by atoms with Crippen LogP contribution in [0.15, 0.2) is 24.3 Å². The summed E-state index contributed by atoms with van der Waals surface area (Å²) < 4.78 is 0. The maximum atomic E-state index is 12.1. The van der Waals surface area contributed by atoms with E-state index in [1.54, 1.807) is 18.2 Å². The summed E-state index contributed by atoms with van der Waals surface area (Å²) in [7, 11) is 0. The maximum Gasteiger partial charge on any atom is 0.303 e. The molecule has 0 spiro atoms. The average molecular weight is 376 g/mol. The first-order valence-corrected chi connectivity index (χ1v) is 9.83. The molecular weight excluding hydrogens is 344 g/mol. The molecule has 0 heterocycles. The van der Waals surface area contributed by atoms with Crippen LogP contribution < -0.4 is 0 Å². The molecule has 0 amide bonds. The Labute approximate surface area is 162 Å². The molecule has 1 rings (SSSR count). The van der Waals surface area contributed by atoms with Gasteiger partial charge >= 0.3 is 5.97 Å². The largest absolute Gasteiger partial charge is 0.481 e. The van der Waals surface area contributed by atoms with E-state index in [1.807, 2.05) is 6.92 Å². The van der Waals surface area contributed by atoms with E-state index in [1.165, 1.54) is 6.08 Å².